The van der Waals surface area contributed by atoms with Crippen molar-refractivity contribution in [3.63, 3.8) is 0 Å². The Balaban J connectivity index is 3.04. The number of hydrogen-bond donors (Lipinski definition) is 1. The van der Waals surface area contributed by atoms with Crippen LogP contribution in [0.1, 0.15) is 26.7 Å². The molecular formula is C11H14N4O4. The van der Waals surface area contributed by atoms with E-state index in [2.05, 4.69) is 10.5 Å². The topological polar surface area (TPSA) is 111 Å². The van der Waals surface area contributed by atoms with Gasteiger partial charge in [0.2, 0.25) is 0 Å². The van der Waals surface area contributed by atoms with E-state index in [9.17, 15) is 20.2 Å². The number of non-ortho nitro benzene ring substituents is 1. The molecular weight excluding hydrogens is 252 g/mol. The lowest BCUT2D eigenvalue weighted by molar-refractivity contribution is -0.393. The predicted octanol–water partition coefficient (Wildman–Crippen LogP) is 3.09. The molecule has 0 aliphatic carbocycles. The van der Waals surface area contributed by atoms with Crippen LogP contribution in [-0.2, 0) is 0 Å². The van der Waals surface area contributed by atoms with E-state index in [1.54, 1.807) is 6.92 Å². The van der Waals surface area contributed by atoms with Crippen LogP contribution in [0.4, 0.5) is 17.1 Å². The molecule has 0 aliphatic rings. The minimum absolute atomic E-state index is 0.131. The van der Waals surface area contributed by atoms with Crippen LogP contribution in [0.25, 0.3) is 0 Å². The summed E-state index contributed by atoms with van der Waals surface area (Å²) in [5.74, 6) is 0. The van der Waals surface area contributed by atoms with Gasteiger partial charge < -0.3 is 0 Å². The maximum absolute atomic E-state index is 10.9. The lowest BCUT2D eigenvalue weighted by Crippen LogP contribution is -2.01. The van der Waals surface area contributed by atoms with Crippen LogP contribution in [-0.4, -0.2) is 15.6 Å². The maximum Gasteiger partial charge on any atom is 0.301 e. The third-order valence-electron chi connectivity index (χ3n) is 2.37. The number of hydrazone groups is 1. The average Bonchev–Trinajstić information content (AvgIpc) is 2.36. The standard InChI is InChI=1S/C11H14N4O4/c1-3-4-8(2)12-13-10-6-5-9(14(16)17)7-11(10)15(18)19/h5-7,13H,3-4H2,1-2H3/b12-8+. The highest BCUT2D eigenvalue weighted by Gasteiger charge is 2.19. The fraction of sp³-hybridized carbons (Fsp3) is 0.364. The normalized spacial score (nSPS) is 11.2. The molecule has 0 amide bonds. The number of nitro groups is 2. The molecule has 0 fully saturated rings. The number of nitro benzene ring substituents is 2. The monoisotopic (exact) mass is 266 g/mol. The second-order valence-corrected chi connectivity index (χ2v) is 3.92. The minimum Gasteiger partial charge on any atom is -0.272 e. The molecule has 19 heavy (non-hydrogen) atoms. The molecule has 1 N–H and O–H groups in total. The van der Waals surface area contributed by atoms with Crippen molar-refractivity contribution < 1.29 is 9.85 Å². The summed E-state index contributed by atoms with van der Waals surface area (Å²) >= 11 is 0. The Morgan fingerprint density at radius 2 is 2.00 bits per heavy atom. The molecule has 0 aliphatic heterocycles. The molecule has 102 valence electrons. The summed E-state index contributed by atoms with van der Waals surface area (Å²) < 4.78 is 0. The fourth-order valence-corrected chi connectivity index (χ4v) is 1.45. The average molecular weight is 266 g/mol. The fourth-order valence-electron chi connectivity index (χ4n) is 1.45. The summed E-state index contributed by atoms with van der Waals surface area (Å²) in [5.41, 5.74) is 2.80. The van der Waals surface area contributed by atoms with Crippen molar-refractivity contribution in [3.8, 4) is 0 Å². The van der Waals surface area contributed by atoms with Crippen LogP contribution in [0.15, 0.2) is 23.3 Å². The van der Waals surface area contributed by atoms with Crippen molar-refractivity contribution in [2.75, 3.05) is 5.43 Å². The van der Waals surface area contributed by atoms with Gasteiger partial charge in [-0.2, -0.15) is 5.10 Å². The Morgan fingerprint density at radius 3 is 2.53 bits per heavy atom. The first-order valence-electron chi connectivity index (χ1n) is 5.67. The number of anilines is 1. The van der Waals surface area contributed by atoms with Crippen molar-refractivity contribution in [2.45, 2.75) is 26.7 Å². The predicted molar refractivity (Wildman–Crippen MR) is 71.4 cm³/mol. The molecule has 8 heteroatoms. The summed E-state index contributed by atoms with van der Waals surface area (Å²) in [5, 5.41) is 25.4. The van der Waals surface area contributed by atoms with Gasteiger partial charge in [-0.15, -0.1) is 0 Å². The quantitative estimate of drug-likeness (QED) is 0.483. The van der Waals surface area contributed by atoms with E-state index in [1.807, 2.05) is 6.92 Å². The zero-order valence-corrected chi connectivity index (χ0v) is 10.6. The van der Waals surface area contributed by atoms with Gasteiger partial charge in [-0.1, -0.05) is 13.3 Å². The van der Waals surface area contributed by atoms with E-state index in [-0.39, 0.29) is 17.1 Å². The van der Waals surface area contributed by atoms with Gasteiger partial charge in [0, 0.05) is 11.8 Å². The molecule has 1 aromatic rings. The van der Waals surface area contributed by atoms with Crippen molar-refractivity contribution in [1.82, 2.24) is 0 Å². The number of rotatable bonds is 6. The Morgan fingerprint density at radius 1 is 1.32 bits per heavy atom. The highest BCUT2D eigenvalue weighted by Crippen LogP contribution is 2.28. The third-order valence-corrected chi connectivity index (χ3v) is 2.37. The first-order chi connectivity index (χ1) is 8.95. The van der Waals surface area contributed by atoms with Gasteiger partial charge in [-0.25, -0.2) is 0 Å². The molecule has 0 saturated heterocycles. The summed E-state index contributed by atoms with van der Waals surface area (Å²) in [6.07, 6.45) is 1.69. The SMILES string of the molecule is CCC/C(C)=N/Nc1ccc([N+](=O)[O-])cc1[N+](=O)[O-]. The maximum atomic E-state index is 10.9. The molecule has 0 radical (unpaired) electrons. The second kappa shape index (κ2) is 6.43. The van der Waals surface area contributed by atoms with Crippen LogP contribution in [0, 0.1) is 20.2 Å². The molecule has 0 spiro atoms. The smallest absolute Gasteiger partial charge is 0.272 e. The molecule has 0 aromatic heterocycles. The van der Waals surface area contributed by atoms with E-state index >= 15 is 0 Å². The van der Waals surface area contributed by atoms with Crippen molar-refractivity contribution in [1.29, 1.82) is 0 Å². The van der Waals surface area contributed by atoms with Crippen molar-refractivity contribution >= 4 is 22.8 Å². The van der Waals surface area contributed by atoms with Gasteiger partial charge in [0.1, 0.15) is 5.69 Å². The third kappa shape index (κ3) is 4.02. The van der Waals surface area contributed by atoms with Crippen LogP contribution in [0.5, 0.6) is 0 Å². The van der Waals surface area contributed by atoms with Crippen LogP contribution in [0.2, 0.25) is 0 Å². The van der Waals surface area contributed by atoms with Crippen molar-refractivity contribution in [2.24, 2.45) is 5.10 Å². The molecule has 1 rings (SSSR count). The number of benzene rings is 1. The van der Waals surface area contributed by atoms with E-state index in [4.69, 9.17) is 0 Å². The first kappa shape index (κ1) is 14.6. The van der Waals surface area contributed by atoms with Gasteiger partial charge in [-0.05, 0) is 19.4 Å². The van der Waals surface area contributed by atoms with E-state index in [0.717, 1.165) is 24.6 Å². The Bertz CT molecular complexity index is 527. The van der Waals surface area contributed by atoms with Crippen LogP contribution < -0.4 is 5.43 Å². The summed E-state index contributed by atoms with van der Waals surface area (Å²) in [6, 6.07) is 3.38. The van der Waals surface area contributed by atoms with E-state index < -0.39 is 9.85 Å². The number of hydrogen-bond acceptors (Lipinski definition) is 6. The Labute approximate surface area is 109 Å². The molecule has 0 unspecified atom stereocenters. The van der Waals surface area contributed by atoms with Gasteiger partial charge in [0.05, 0.1) is 15.9 Å². The number of nitrogens with zero attached hydrogens (tertiary/aromatic N) is 3. The Kier molecular flexibility index (Phi) is 4.92. The highest BCUT2D eigenvalue weighted by molar-refractivity contribution is 5.83. The summed E-state index contributed by atoms with van der Waals surface area (Å²) in [4.78, 5) is 20.1. The summed E-state index contributed by atoms with van der Waals surface area (Å²) in [6.45, 7) is 3.79. The lowest BCUT2D eigenvalue weighted by Gasteiger charge is -2.03. The molecule has 1 aromatic carbocycles. The second-order valence-electron chi connectivity index (χ2n) is 3.92. The summed E-state index contributed by atoms with van der Waals surface area (Å²) in [7, 11) is 0. The molecule has 0 bridgehead atoms. The Hall–Kier alpha value is -2.51. The number of nitrogens with one attached hydrogen (secondary N) is 1. The van der Waals surface area contributed by atoms with Gasteiger partial charge in [-0.3, -0.25) is 25.7 Å². The zero-order valence-electron chi connectivity index (χ0n) is 10.6. The van der Waals surface area contributed by atoms with Gasteiger partial charge in [0.15, 0.2) is 0 Å². The molecule has 8 nitrogen and oxygen atoms in total. The highest BCUT2D eigenvalue weighted by atomic mass is 16.6. The first-order valence-corrected chi connectivity index (χ1v) is 5.67. The molecule has 0 heterocycles. The van der Waals surface area contributed by atoms with E-state index in [0.29, 0.717) is 0 Å². The molecule has 0 atom stereocenters. The van der Waals surface area contributed by atoms with Gasteiger partial charge in [0.25, 0.3) is 5.69 Å². The largest absolute Gasteiger partial charge is 0.301 e. The van der Waals surface area contributed by atoms with E-state index in [1.165, 1.54) is 12.1 Å². The molecule has 0 saturated carbocycles. The van der Waals surface area contributed by atoms with Crippen LogP contribution >= 0.6 is 0 Å². The minimum atomic E-state index is -0.681. The van der Waals surface area contributed by atoms with Crippen LogP contribution in [0.3, 0.4) is 0 Å². The van der Waals surface area contributed by atoms with Gasteiger partial charge >= 0.3 is 5.69 Å². The van der Waals surface area contributed by atoms with Crippen molar-refractivity contribution in [3.05, 3.63) is 38.4 Å². The lowest BCUT2D eigenvalue weighted by atomic mass is 10.2. The zero-order chi connectivity index (χ0) is 14.4.